The fourth-order valence-electron chi connectivity index (χ4n) is 2.88. The highest BCUT2D eigenvalue weighted by molar-refractivity contribution is 9.11. The molecule has 0 atom stereocenters. The molecule has 1 amide bonds. The summed E-state index contributed by atoms with van der Waals surface area (Å²) in [7, 11) is 1.97. The summed E-state index contributed by atoms with van der Waals surface area (Å²) in [6.45, 7) is 0. The van der Waals surface area contributed by atoms with Crippen molar-refractivity contribution in [1.29, 1.82) is 0 Å². The first-order valence-corrected chi connectivity index (χ1v) is 9.37. The Morgan fingerprint density at radius 3 is 2.88 bits per heavy atom. The van der Waals surface area contributed by atoms with Gasteiger partial charge in [0.25, 0.3) is 0 Å². The first kappa shape index (κ1) is 17.1. The summed E-state index contributed by atoms with van der Waals surface area (Å²) in [5.74, 6) is -0.199. The Hall–Kier alpha value is -2.38. The smallest absolute Gasteiger partial charge is 0.307 e. The van der Waals surface area contributed by atoms with Crippen LogP contribution in [-0.4, -0.2) is 16.7 Å². The number of nitrogens with one attached hydrogen (secondary N) is 1. The van der Waals surface area contributed by atoms with Crippen LogP contribution in [0.3, 0.4) is 0 Å². The van der Waals surface area contributed by atoms with Gasteiger partial charge in [-0.1, -0.05) is 34.1 Å². The summed E-state index contributed by atoms with van der Waals surface area (Å²) in [6, 6.07) is 13.5. The number of carbonyl (C=O) groups excluding carboxylic acids is 1. The molecule has 1 N–H and O–H groups in total. The van der Waals surface area contributed by atoms with E-state index in [-0.39, 0.29) is 5.76 Å². The molecule has 0 fully saturated rings. The monoisotopic (exact) mass is 473 g/mol. The Labute approximate surface area is 165 Å². The third-order valence-electron chi connectivity index (χ3n) is 4.06. The molecule has 0 spiro atoms. The highest BCUT2D eigenvalue weighted by Crippen LogP contribution is 2.31. The first-order chi connectivity index (χ1) is 12.5. The van der Waals surface area contributed by atoms with Crippen LogP contribution in [0.5, 0.6) is 0 Å². The summed E-state index contributed by atoms with van der Waals surface area (Å²) >= 11 is 6.85. The Kier molecular flexibility index (Phi) is 4.42. The summed E-state index contributed by atoms with van der Waals surface area (Å²) in [6.07, 6.45) is 3.60. The van der Waals surface area contributed by atoms with Gasteiger partial charge in [0.05, 0.1) is 10.7 Å². The third kappa shape index (κ3) is 3.08. The number of benzene rings is 2. The van der Waals surface area contributed by atoms with Crippen LogP contribution in [-0.2, 0) is 7.05 Å². The van der Waals surface area contributed by atoms with Gasteiger partial charge in [-0.25, -0.2) is 5.43 Å². The van der Waals surface area contributed by atoms with E-state index in [1.807, 2.05) is 54.2 Å². The lowest BCUT2D eigenvalue weighted by Crippen LogP contribution is -2.16. The van der Waals surface area contributed by atoms with E-state index >= 15 is 0 Å². The number of amides is 1. The molecule has 7 heteroatoms. The highest BCUT2D eigenvalue weighted by Gasteiger charge is 2.14. The van der Waals surface area contributed by atoms with Crippen LogP contribution in [0, 0.1) is 0 Å². The highest BCUT2D eigenvalue weighted by atomic mass is 79.9. The molecule has 130 valence electrons. The van der Waals surface area contributed by atoms with Crippen molar-refractivity contribution in [2.24, 2.45) is 12.1 Å². The molecule has 0 aliphatic heterocycles. The van der Waals surface area contributed by atoms with Gasteiger partial charge < -0.3 is 8.98 Å². The van der Waals surface area contributed by atoms with E-state index in [4.69, 9.17) is 4.42 Å². The summed E-state index contributed by atoms with van der Waals surface area (Å²) in [5.41, 5.74) is 5.17. The molecule has 5 nitrogen and oxygen atoms in total. The number of nitrogens with zero attached hydrogens (tertiary/aromatic N) is 2. The second kappa shape index (κ2) is 6.74. The van der Waals surface area contributed by atoms with Crippen molar-refractivity contribution in [2.45, 2.75) is 0 Å². The maximum Gasteiger partial charge on any atom is 0.307 e. The minimum Gasteiger partial charge on any atom is -0.450 e. The number of para-hydroxylation sites is 1. The summed E-state index contributed by atoms with van der Waals surface area (Å²) in [5, 5.41) is 5.98. The number of fused-ring (bicyclic) bond motifs is 2. The van der Waals surface area contributed by atoms with Crippen molar-refractivity contribution in [3.05, 3.63) is 68.9 Å². The maximum absolute atomic E-state index is 12.3. The second-order valence-electron chi connectivity index (χ2n) is 5.83. The van der Waals surface area contributed by atoms with Crippen molar-refractivity contribution in [3.8, 4) is 0 Å². The van der Waals surface area contributed by atoms with E-state index in [1.54, 1.807) is 12.3 Å². The quantitative estimate of drug-likeness (QED) is 0.327. The van der Waals surface area contributed by atoms with Crippen LogP contribution in [0.1, 0.15) is 16.1 Å². The van der Waals surface area contributed by atoms with Gasteiger partial charge in [0, 0.05) is 39.6 Å². The molecular formula is C19H13Br2N3O2. The van der Waals surface area contributed by atoms with E-state index < -0.39 is 5.91 Å². The molecule has 0 aliphatic carbocycles. The Balaban J connectivity index is 1.57. The average Bonchev–Trinajstić information content (AvgIpc) is 3.17. The van der Waals surface area contributed by atoms with E-state index in [2.05, 4.69) is 42.4 Å². The van der Waals surface area contributed by atoms with Crippen molar-refractivity contribution >= 4 is 65.9 Å². The van der Waals surface area contributed by atoms with Gasteiger partial charge in [0.1, 0.15) is 5.58 Å². The van der Waals surface area contributed by atoms with Gasteiger partial charge in [0.15, 0.2) is 5.76 Å². The van der Waals surface area contributed by atoms with Gasteiger partial charge in [0.2, 0.25) is 0 Å². The Morgan fingerprint density at radius 1 is 1.23 bits per heavy atom. The number of rotatable bonds is 3. The number of halogens is 2. The lowest BCUT2D eigenvalue weighted by Gasteiger charge is -1.95. The average molecular weight is 475 g/mol. The Bertz CT molecular complexity index is 1170. The minimum absolute atomic E-state index is 0.203. The molecule has 4 aromatic rings. The largest absolute Gasteiger partial charge is 0.450 e. The fourth-order valence-corrected chi connectivity index (χ4v) is 4.22. The molecule has 0 aliphatic rings. The zero-order valence-corrected chi connectivity index (χ0v) is 16.8. The third-order valence-corrected chi connectivity index (χ3v) is 5.10. The zero-order valence-electron chi connectivity index (χ0n) is 13.7. The molecule has 26 heavy (non-hydrogen) atoms. The van der Waals surface area contributed by atoms with Gasteiger partial charge in [-0.2, -0.15) is 5.10 Å². The number of hydrogen-bond acceptors (Lipinski definition) is 3. The summed E-state index contributed by atoms with van der Waals surface area (Å²) in [4.78, 5) is 12.3. The van der Waals surface area contributed by atoms with Crippen molar-refractivity contribution < 1.29 is 9.21 Å². The van der Waals surface area contributed by atoms with Crippen LogP contribution >= 0.6 is 31.9 Å². The van der Waals surface area contributed by atoms with E-state index in [1.165, 1.54) is 0 Å². The van der Waals surface area contributed by atoms with E-state index in [0.717, 1.165) is 30.8 Å². The number of hydrogen-bond donors (Lipinski definition) is 1. The van der Waals surface area contributed by atoms with E-state index in [0.29, 0.717) is 5.58 Å². The molecule has 4 rings (SSSR count). The van der Waals surface area contributed by atoms with Gasteiger partial charge >= 0.3 is 5.91 Å². The molecule has 2 aromatic heterocycles. The molecular weight excluding hydrogens is 462 g/mol. The molecule has 0 saturated carbocycles. The molecule has 0 saturated heterocycles. The maximum atomic E-state index is 12.3. The van der Waals surface area contributed by atoms with Crippen molar-refractivity contribution in [2.75, 3.05) is 0 Å². The zero-order chi connectivity index (χ0) is 18.3. The van der Waals surface area contributed by atoms with Gasteiger partial charge in [-0.05, 0) is 40.2 Å². The van der Waals surface area contributed by atoms with Crippen LogP contribution in [0.25, 0.3) is 21.9 Å². The van der Waals surface area contributed by atoms with Crippen molar-refractivity contribution in [1.82, 2.24) is 9.99 Å². The number of carbonyl (C=O) groups is 1. The molecule has 0 bridgehead atoms. The lowest BCUT2D eigenvalue weighted by molar-refractivity contribution is 0.0929. The second-order valence-corrected chi connectivity index (χ2v) is 7.60. The topological polar surface area (TPSA) is 59.5 Å². The lowest BCUT2D eigenvalue weighted by atomic mass is 10.2. The fraction of sp³-hybridized carbons (Fsp3) is 0.0526. The number of aryl methyl sites for hydroxylation is 1. The standard InChI is InChI=1S/C19H13Br2N3O2/c1-24-10-12(14-4-2-3-5-16(14)24)9-22-23-19(25)17-7-11-6-13(20)8-15(21)18(11)26-17/h2-10H,1H3,(H,23,25)/b22-9-. The predicted molar refractivity (Wildman–Crippen MR) is 110 cm³/mol. The van der Waals surface area contributed by atoms with E-state index in [9.17, 15) is 4.79 Å². The van der Waals surface area contributed by atoms with Gasteiger partial charge in [-0.15, -0.1) is 0 Å². The van der Waals surface area contributed by atoms with Crippen LogP contribution in [0.4, 0.5) is 0 Å². The molecule has 2 heterocycles. The predicted octanol–water partition coefficient (Wildman–Crippen LogP) is 5.21. The molecule has 2 aromatic carbocycles. The SMILES string of the molecule is Cn1cc(/C=N\NC(=O)c2cc3cc(Br)cc(Br)c3o2)c2ccccc21. The van der Waals surface area contributed by atoms with Crippen LogP contribution in [0.2, 0.25) is 0 Å². The van der Waals surface area contributed by atoms with Crippen LogP contribution in [0.15, 0.2) is 67.1 Å². The van der Waals surface area contributed by atoms with Crippen LogP contribution < -0.4 is 5.43 Å². The number of hydrazone groups is 1. The summed E-state index contributed by atoms with van der Waals surface area (Å²) < 4.78 is 9.34. The normalized spacial score (nSPS) is 11.7. The molecule has 0 radical (unpaired) electrons. The Morgan fingerprint density at radius 2 is 2.04 bits per heavy atom. The van der Waals surface area contributed by atoms with Crippen molar-refractivity contribution in [3.63, 3.8) is 0 Å². The van der Waals surface area contributed by atoms with Gasteiger partial charge in [-0.3, -0.25) is 4.79 Å². The molecule has 0 unspecified atom stereocenters. The number of aromatic nitrogens is 1. The number of furan rings is 1. The first-order valence-electron chi connectivity index (χ1n) is 7.79. The minimum atomic E-state index is -0.402.